The largest absolute Gasteiger partial charge is 0.497 e. The van der Waals surface area contributed by atoms with Crippen molar-refractivity contribution in [2.24, 2.45) is 0 Å². The van der Waals surface area contributed by atoms with E-state index in [9.17, 15) is 0 Å². The highest BCUT2D eigenvalue weighted by Gasteiger charge is 2.43. The molecule has 3 aromatic rings. The molecule has 0 saturated carbocycles. The normalized spacial score (nSPS) is 18.2. The van der Waals surface area contributed by atoms with E-state index in [0.29, 0.717) is 5.11 Å². The Morgan fingerprint density at radius 1 is 1.10 bits per heavy atom. The molecule has 31 heavy (non-hydrogen) atoms. The summed E-state index contributed by atoms with van der Waals surface area (Å²) in [4.78, 5) is 6.78. The third-order valence-electron chi connectivity index (χ3n) is 5.99. The molecule has 1 saturated heterocycles. The Morgan fingerprint density at radius 3 is 2.52 bits per heavy atom. The summed E-state index contributed by atoms with van der Waals surface area (Å²) in [5, 5.41) is 4.15. The van der Waals surface area contributed by atoms with Gasteiger partial charge in [0.25, 0.3) is 0 Å². The standard InChI is InChI=1S/C24H28N4O2S/c1-6-27-15(2)13-18(16(27)3)23-22(19-9-7-8-12-25-19)26-24(31)28(23)20-14-17(29-4)10-11-21(20)30-5/h7-14,22-23H,6H2,1-5H3,(H,26,31)/t22-,23-/m1/s1. The van der Waals surface area contributed by atoms with Gasteiger partial charge in [0.1, 0.15) is 11.5 Å². The smallest absolute Gasteiger partial charge is 0.174 e. The van der Waals surface area contributed by atoms with Crippen LogP contribution in [-0.4, -0.2) is 28.9 Å². The Hall–Kier alpha value is -3.06. The molecule has 7 heteroatoms. The van der Waals surface area contributed by atoms with Crippen molar-refractivity contribution in [3.8, 4) is 11.5 Å². The van der Waals surface area contributed by atoms with Crippen molar-refractivity contribution in [1.82, 2.24) is 14.9 Å². The lowest BCUT2D eigenvalue weighted by Gasteiger charge is -2.29. The fraction of sp³-hybridized carbons (Fsp3) is 0.333. The molecule has 1 aliphatic rings. The molecule has 2 atom stereocenters. The minimum absolute atomic E-state index is 0.0880. The third kappa shape index (κ3) is 3.63. The van der Waals surface area contributed by atoms with Crippen molar-refractivity contribution in [1.29, 1.82) is 0 Å². The first-order valence-electron chi connectivity index (χ1n) is 10.4. The molecule has 0 amide bonds. The van der Waals surface area contributed by atoms with E-state index in [4.69, 9.17) is 21.7 Å². The summed E-state index contributed by atoms with van der Waals surface area (Å²) in [7, 11) is 3.33. The molecule has 2 aromatic heterocycles. The van der Waals surface area contributed by atoms with Crippen LogP contribution in [0.3, 0.4) is 0 Å². The van der Waals surface area contributed by atoms with E-state index in [1.165, 1.54) is 17.0 Å². The number of nitrogens with one attached hydrogen (secondary N) is 1. The number of aromatic nitrogens is 2. The summed E-state index contributed by atoms with van der Waals surface area (Å²) in [6.45, 7) is 7.40. The number of anilines is 1. The molecule has 0 bridgehead atoms. The Kier molecular flexibility index (Phi) is 5.87. The second-order valence-corrected chi connectivity index (χ2v) is 7.99. The van der Waals surface area contributed by atoms with Crippen LogP contribution in [-0.2, 0) is 6.54 Å². The average Bonchev–Trinajstić information content (AvgIpc) is 3.28. The van der Waals surface area contributed by atoms with Gasteiger partial charge in [-0.25, -0.2) is 0 Å². The molecule has 1 aliphatic heterocycles. The molecular weight excluding hydrogens is 408 g/mol. The Bertz CT molecular complexity index is 1100. The third-order valence-corrected chi connectivity index (χ3v) is 6.31. The lowest BCUT2D eigenvalue weighted by Crippen LogP contribution is -2.30. The van der Waals surface area contributed by atoms with Crippen molar-refractivity contribution >= 4 is 23.0 Å². The van der Waals surface area contributed by atoms with Crippen LogP contribution in [0.1, 0.15) is 41.7 Å². The fourth-order valence-corrected chi connectivity index (χ4v) is 4.87. The first kappa shape index (κ1) is 21.2. The van der Waals surface area contributed by atoms with Crippen LogP contribution in [0.25, 0.3) is 0 Å². The topological polar surface area (TPSA) is 51.6 Å². The second-order valence-electron chi connectivity index (χ2n) is 7.61. The van der Waals surface area contributed by atoms with Gasteiger partial charge in [0.2, 0.25) is 0 Å². The Labute approximate surface area is 188 Å². The van der Waals surface area contributed by atoms with E-state index in [2.05, 4.69) is 46.6 Å². The highest BCUT2D eigenvalue weighted by atomic mass is 32.1. The van der Waals surface area contributed by atoms with Crippen LogP contribution in [0.15, 0.2) is 48.7 Å². The highest BCUT2D eigenvalue weighted by Crippen LogP contribution is 2.46. The molecule has 0 aliphatic carbocycles. The predicted molar refractivity (Wildman–Crippen MR) is 127 cm³/mol. The number of pyridine rings is 1. The van der Waals surface area contributed by atoms with E-state index in [0.717, 1.165) is 29.4 Å². The van der Waals surface area contributed by atoms with Crippen molar-refractivity contribution < 1.29 is 9.47 Å². The minimum Gasteiger partial charge on any atom is -0.497 e. The highest BCUT2D eigenvalue weighted by molar-refractivity contribution is 7.80. The van der Waals surface area contributed by atoms with Gasteiger partial charge in [0.15, 0.2) is 5.11 Å². The first-order valence-corrected chi connectivity index (χ1v) is 10.8. The molecule has 1 N–H and O–H groups in total. The van der Waals surface area contributed by atoms with Crippen LogP contribution in [0, 0.1) is 13.8 Å². The molecule has 0 radical (unpaired) electrons. The van der Waals surface area contributed by atoms with E-state index >= 15 is 0 Å². The van der Waals surface area contributed by atoms with Gasteiger partial charge >= 0.3 is 0 Å². The van der Waals surface area contributed by atoms with Gasteiger partial charge in [0.05, 0.1) is 37.7 Å². The van der Waals surface area contributed by atoms with Crippen molar-refractivity contribution in [2.75, 3.05) is 19.1 Å². The molecule has 0 spiro atoms. The number of ether oxygens (including phenoxy) is 2. The molecular formula is C24H28N4O2S. The van der Waals surface area contributed by atoms with Gasteiger partial charge in [-0.3, -0.25) is 4.98 Å². The van der Waals surface area contributed by atoms with Crippen LogP contribution in [0.2, 0.25) is 0 Å². The Balaban J connectivity index is 1.93. The zero-order valence-corrected chi connectivity index (χ0v) is 19.4. The van der Waals surface area contributed by atoms with Crippen molar-refractivity contribution in [2.45, 2.75) is 39.4 Å². The summed E-state index contributed by atoms with van der Waals surface area (Å²) >= 11 is 5.86. The van der Waals surface area contributed by atoms with Gasteiger partial charge in [-0.1, -0.05) is 6.07 Å². The molecule has 1 aromatic carbocycles. The quantitative estimate of drug-likeness (QED) is 0.565. The lowest BCUT2D eigenvalue weighted by atomic mass is 9.96. The maximum Gasteiger partial charge on any atom is 0.174 e. The van der Waals surface area contributed by atoms with E-state index in [-0.39, 0.29) is 12.1 Å². The summed E-state index contributed by atoms with van der Waals surface area (Å²) in [5.74, 6) is 1.48. The fourth-order valence-electron chi connectivity index (χ4n) is 4.53. The molecule has 1 fully saturated rings. The number of hydrogen-bond donors (Lipinski definition) is 1. The van der Waals surface area contributed by atoms with Crippen LogP contribution in [0.5, 0.6) is 11.5 Å². The van der Waals surface area contributed by atoms with Crippen molar-refractivity contribution in [3.63, 3.8) is 0 Å². The average molecular weight is 437 g/mol. The minimum atomic E-state index is -0.101. The van der Waals surface area contributed by atoms with E-state index < -0.39 is 0 Å². The van der Waals surface area contributed by atoms with Gasteiger partial charge in [-0.15, -0.1) is 0 Å². The summed E-state index contributed by atoms with van der Waals surface area (Å²) in [6, 6.07) is 13.8. The van der Waals surface area contributed by atoms with Gasteiger partial charge in [0, 0.05) is 30.2 Å². The molecule has 162 valence electrons. The number of nitrogens with zero attached hydrogens (tertiary/aromatic N) is 3. The van der Waals surface area contributed by atoms with Gasteiger partial charge in [-0.2, -0.15) is 0 Å². The predicted octanol–water partition coefficient (Wildman–Crippen LogP) is 4.71. The van der Waals surface area contributed by atoms with Crippen LogP contribution in [0.4, 0.5) is 5.69 Å². The van der Waals surface area contributed by atoms with Gasteiger partial charge < -0.3 is 24.3 Å². The van der Waals surface area contributed by atoms with Crippen LogP contribution < -0.4 is 19.7 Å². The molecule has 4 rings (SSSR count). The lowest BCUT2D eigenvalue weighted by molar-refractivity contribution is 0.403. The second kappa shape index (κ2) is 8.59. The summed E-state index contributed by atoms with van der Waals surface area (Å²) in [6.07, 6.45) is 1.82. The summed E-state index contributed by atoms with van der Waals surface area (Å²) < 4.78 is 13.5. The maximum absolute atomic E-state index is 5.86. The first-order chi connectivity index (χ1) is 15.0. The Morgan fingerprint density at radius 2 is 1.90 bits per heavy atom. The number of thiocarbonyl (C=S) groups is 1. The van der Waals surface area contributed by atoms with Crippen LogP contribution >= 0.6 is 12.2 Å². The number of hydrogen-bond acceptors (Lipinski definition) is 4. The monoisotopic (exact) mass is 436 g/mol. The zero-order valence-electron chi connectivity index (χ0n) is 18.5. The van der Waals surface area contributed by atoms with E-state index in [1.807, 2.05) is 42.6 Å². The van der Waals surface area contributed by atoms with Gasteiger partial charge in [-0.05, 0) is 68.9 Å². The zero-order chi connectivity index (χ0) is 22.1. The maximum atomic E-state index is 5.86. The summed E-state index contributed by atoms with van der Waals surface area (Å²) in [5.41, 5.74) is 5.48. The molecule has 0 unspecified atom stereocenters. The van der Waals surface area contributed by atoms with Crippen molar-refractivity contribution in [3.05, 3.63) is 71.3 Å². The van der Waals surface area contributed by atoms with E-state index in [1.54, 1.807) is 14.2 Å². The SMILES string of the molecule is CCn1c(C)cc([C@@H]2[C@@H](c3ccccn3)NC(=S)N2c2cc(OC)ccc2OC)c1C. The number of methoxy groups -OCH3 is 2. The number of rotatable bonds is 6. The number of benzene rings is 1. The molecule has 3 heterocycles. The molecule has 6 nitrogen and oxygen atoms in total. The number of aryl methyl sites for hydroxylation is 1.